The van der Waals surface area contributed by atoms with Crippen molar-refractivity contribution in [3.05, 3.63) is 29.8 Å². The summed E-state index contributed by atoms with van der Waals surface area (Å²) in [6.45, 7) is 4.65. The van der Waals surface area contributed by atoms with E-state index in [-0.39, 0.29) is 18.8 Å². The van der Waals surface area contributed by atoms with Crippen molar-refractivity contribution in [1.29, 1.82) is 0 Å². The molecule has 2 rings (SSSR count). The average molecular weight is 278 g/mol. The Morgan fingerprint density at radius 1 is 1.35 bits per heavy atom. The first kappa shape index (κ1) is 15.3. The Balaban J connectivity index is 2.00. The lowest BCUT2D eigenvalue weighted by atomic mass is 10.00. The Morgan fingerprint density at radius 3 is 2.70 bits per heavy atom. The number of piperidine rings is 1. The van der Waals surface area contributed by atoms with Crippen LogP contribution in [0.2, 0.25) is 0 Å². The van der Waals surface area contributed by atoms with Crippen molar-refractivity contribution in [2.45, 2.75) is 38.3 Å². The average Bonchev–Trinajstić information content (AvgIpc) is 2.52. The molecule has 1 aliphatic rings. The molecule has 1 saturated heterocycles. The summed E-state index contributed by atoms with van der Waals surface area (Å²) < 4.78 is 5.61. The van der Waals surface area contributed by atoms with E-state index in [1.807, 2.05) is 0 Å². The van der Waals surface area contributed by atoms with Gasteiger partial charge < -0.3 is 20.5 Å². The predicted octanol–water partition coefficient (Wildman–Crippen LogP) is 2.07. The second kappa shape index (κ2) is 7.62. The Morgan fingerprint density at radius 2 is 2.05 bits per heavy atom. The fourth-order valence-corrected chi connectivity index (χ4v) is 2.79. The van der Waals surface area contributed by atoms with Gasteiger partial charge in [-0.15, -0.1) is 0 Å². The van der Waals surface area contributed by atoms with Crippen LogP contribution >= 0.6 is 0 Å². The Kier molecular flexibility index (Phi) is 5.83. The maximum absolute atomic E-state index is 8.80. The summed E-state index contributed by atoms with van der Waals surface area (Å²) in [5.74, 6) is 0. The van der Waals surface area contributed by atoms with Crippen molar-refractivity contribution in [1.82, 2.24) is 0 Å². The minimum absolute atomic E-state index is 0.106. The molecule has 1 fully saturated rings. The van der Waals surface area contributed by atoms with Gasteiger partial charge in [0, 0.05) is 24.8 Å². The highest BCUT2D eigenvalue weighted by Gasteiger charge is 2.22. The molecule has 1 aromatic rings. The van der Waals surface area contributed by atoms with E-state index in [0.717, 1.165) is 32.4 Å². The number of aliphatic hydroxyl groups is 1. The summed E-state index contributed by atoms with van der Waals surface area (Å²) in [4.78, 5) is 2.41. The largest absolute Gasteiger partial charge is 0.394 e. The molecule has 1 heterocycles. The zero-order chi connectivity index (χ0) is 14.4. The van der Waals surface area contributed by atoms with Gasteiger partial charge in [0.2, 0.25) is 0 Å². The fourth-order valence-electron chi connectivity index (χ4n) is 2.79. The van der Waals surface area contributed by atoms with Crippen LogP contribution in [0.25, 0.3) is 0 Å². The topological polar surface area (TPSA) is 58.7 Å². The Labute approximate surface area is 121 Å². The van der Waals surface area contributed by atoms with Crippen LogP contribution in [0.3, 0.4) is 0 Å². The number of hydrogen-bond donors (Lipinski definition) is 2. The van der Waals surface area contributed by atoms with E-state index < -0.39 is 0 Å². The zero-order valence-electron chi connectivity index (χ0n) is 12.3. The molecule has 0 amide bonds. The summed E-state index contributed by atoms with van der Waals surface area (Å²) >= 11 is 0. The van der Waals surface area contributed by atoms with Crippen molar-refractivity contribution in [2.75, 3.05) is 31.2 Å². The predicted molar refractivity (Wildman–Crippen MR) is 81.9 cm³/mol. The van der Waals surface area contributed by atoms with Crippen LogP contribution in [-0.4, -0.2) is 37.5 Å². The van der Waals surface area contributed by atoms with Gasteiger partial charge in [0.25, 0.3) is 0 Å². The number of hydrogen-bond acceptors (Lipinski definition) is 4. The molecular weight excluding hydrogens is 252 g/mol. The van der Waals surface area contributed by atoms with Crippen molar-refractivity contribution >= 4 is 5.69 Å². The molecule has 1 aliphatic heterocycles. The van der Waals surface area contributed by atoms with Crippen LogP contribution in [0, 0.1) is 0 Å². The molecule has 0 bridgehead atoms. The molecule has 3 N–H and O–H groups in total. The third-order valence-electron chi connectivity index (χ3n) is 4.00. The van der Waals surface area contributed by atoms with Crippen LogP contribution in [-0.2, 0) is 4.74 Å². The molecule has 0 radical (unpaired) electrons. The molecule has 0 aromatic heterocycles. The van der Waals surface area contributed by atoms with Crippen molar-refractivity contribution < 1.29 is 9.84 Å². The fraction of sp³-hybridized carbons (Fsp3) is 0.625. The first-order chi connectivity index (χ1) is 9.76. The number of anilines is 1. The highest BCUT2D eigenvalue weighted by Crippen LogP contribution is 2.29. The summed E-state index contributed by atoms with van der Waals surface area (Å²) in [7, 11) is 0. The van der Waals surface area contributed by atoms with E-state index in [0.29, 0.717) is 6.61 Å². The van der Waals surface area contributed by atoms with Crippen LogP contribution < -0.4 is 10.6 Å². The van der Waals surface area contributed by atoms with Gasteiger partial charge in [-0.2, -0.15) is 0 Å². The highest BCUT2D eigenvalue weighted by molar-refractivity contribution is 5.55. The van der Waals surface area contributed by atoms with Gasteiger partial charge in [-0.05, 0) is 30.9 Å². The van der Waals surface area contributed by atoms with Gasteiger partial charge in [0.1, 0.15) is 0 Å². The third-order valence-corrected chi connectivity index (χ3v) is 4.00. The van der Waals surface area contributed by atoms with Gasteiger partial charge in [0.05, 0.1) is 19.3 Å². The van der Waals surface area contributed by atoms with Crippen molar-refractivity contribution in [3.8, 4) is 0 Å². The smallest absolute Gasteiger partial charge is 0.0701 e. The summed E-state index contributed by atoms with van der Waals surface area (Å²) in [5, 5.41) is 8.80. The molecule has 1 aromatic carbocycles. The molecule has 20 heavy (non-hydrogen) atoms. The summed E-state index contributed by atoms with van der Waals surface area (Å²) in [6, 6.07) is 8.55. The van der Waals surface area contributed by atoms with E-state index in [1.165, 1.54) is 11.3 Å². The maximum Gasteiger partial charge on any atom is 0.0701 e. The first-order valence-electron chi connectivity index (χ1n) is 7.58. The molecule has 0 spiro atoms. The van der Waals surface area contributed by atoms with Gasteiger partial charge >= 0.3 is 0 Å². The molecular formula is C16H26N2O2. The SMILES string of the molecule is CC[C@H](N)c1ccccc1N1CCC(OCCO)CC1. The number of rotatable bonds is 6. The number of benzene rings is 1. The number of para-hydroxylation sites is 1. The van der Waals surface area contributed by atoms with E-state index in [1.54, 1.807) is 0 Å². The van der Waals surface area contributed by atoms with E-state index in [4.69, 9.17) is 15.6 Å². The monoisotopic (exact) mass is 278 g/mol. The van der Waals surface area contributed by atoms with E-state index >= 15 is 0 Å². The lowest BCUT2D eigenvalue weighted by Crippen LogP contribution is -2.38. The second-order valence-corrected chi connectivity index (χ2v) is 5.35. The highest BCUT2D eigenvalue weighted by atomic mass is 16.5. The van der Waals surface area contributed by atoms with Gasteiger partial charge in [-0.25, -0.2) is 0 Å². The molecule has 4 nitrogen and oxygen atoms in total. The van der Waals surface area contributed by atoms with Gasteiger partial charge in [0.15, 0.2) is 0 Å². The Hall–Kier alpha value is -1.10. The van der Waals surface area contributed by atoms with Gasteiger partial charge in [-0.1, -0.05) is 25.1 Å². The Bertz CT molecular complexity index is 403. The summed E-state index contributed by atoms with van der Waals surface area (Å²) in [6.07, 6.45) is 3.25. The first-order valence-corrected chi connectivity index (χ1v) is 7.58. The minimum atomic E-state index is 0.106. The number of nitrogens with two attached hydrogens (primary N) is 1. The van der Waals surface area contributed by atoms with Crippen LogP contribution in [0.5, 0.6) is 0 Å². The lowest BCUT2D eigenvalue weighted by molar-refractivity contribution is 0.0159. The second-order valence-electron chi connectivity index (χ2n) is 5.35. The quantitative estimate of drug-likeness (QED) is 0.836. The van der Waals surface area contributed by atoms with Crippen molar-refractivity contribution in [3.63, 3.8) is 0 Å². The molecule has 4 heteroatoms. The lowest BCUT2D eigenvalue weighted by Gasteiger charge is -2.35. The van der Waals surface area contributed by atoms with E-state index in [2.05, 4.69) is 36.1 Å². The molecule has 0 saturated carbocycles. The number of aliphatic hydroxyl groups excluding tert-OH is 1. The third kappa shape index (κ3) is 3.72. The summed E-state index contributed by atoms with van der Waals surface area (Å²) in [5.41, 5.74) is 8.72. The van der Waals surface area contributed by atoms with Crippen LogP contribution in [0.1, 0.15) is 37.8 Å². The normalized spacial score (nSPS) is 18.2. The zero-order valence-corrected chi connectivity index (χ0v) is 12.3. The molecule has 0 unspecified atom stereocenters. The number of nitrogens with zero attached hydrogens (tertiary/aromatic N) is 1. The van der Waals surface area contributed by atoms with E-state index in [9.17, 15) is 0 Å². The molecule has 0 aliphatic carbocycles. The van der Waals surface area contributed by atoms with Crippen molar-refractivity contribution in [2.24, 2.45) is 5.73 Å². The van der Waals surface area contributed by atoms with Crippen LogP contribution in [0.15, 0.2) is 24.3 Å². The van der Waals surface area contributed by atoms with Gasteiger partial charge in [-0.3, -0.25) is 0 Å². The maximum atomic E-state index is 8.80. The molecule has 112 valence electrons. The van der Waals surface area contributed by atoms with Crippen LogP contribution in [0.4, 0.5) is 5.69 Å². The standard InChI is InChI=1S/C16H26N2O2/c1-2-15(17)14-5-3-4-6-16(14)18-9-7-13(8-10-18)20-12-11-19/h3-6,13,15,19H,2,7-12,17H2,1H3/t15-/m0/s1. The number of ether oxygens (including phenoxy) is 1. The minimum Gasteiger partial charge on any atom is -0.394 e. The molecule has 1 atom stereocenters.